The van der Waals surface area contributed by atoms with Crippen molar-refractivity contribution in [2.75, 3.05) is 13.2 Å². The summed E-state index contributed by atoms with van der Waals surface area (Å²) in [6, 6.07) is 0. The fourth-order valence-electron chi connectivity index (χ4n) is 7.52. The molecule has 0 aliphatic rings. The van der Waals surface area contributed by atoms with Crippen LogP contribution >= 0.6 is 0 Å². The maximum Gasteiger partial charge on any atom is 0.306 e. The highest BCUT2D eigenvalue weighted by atomic mass is 16.6. The smallest absolute Gasteiger partial charge is 0.306 e. The van der Waals surface area contributed by atoms with Crippen molar-refractivity contribution in [1.29, 1.82) is 0 Å². The van der Waals surface area contributed by atoms with Gasteiger partial charge in [-0.15, -0.1) is 0 Å². The summed E-state index contributed by atoms with van der Waals surface area (Å²) in [5, 5.41) is 0. The quantitative estimate of drug-likeness (QED) is 0.0262. The molecular formula is C59H102O6. The van der Waals surface area contributed by atoms with E-state index < -0.39 is 6.10 Å². The topological polar surface area (TPSA) is 78.9 Å². The van der Waals surface area contributed by atoms with Crippen molar-refractivity contribution in [1.82, 2.24) is 0 Å². The molecule has 1 atom stereocenters. The molecule has 0 aromatic carbocycles. The number of carbonyl (C=O) groups is 3. The molecule has 0 fully saturated rings. The van der Waals surface area contributed by atoms with Crippen LogP contribution in [0.5, 0.6) is 0 Å². The van der Waals surface area contributed by atoms with E-state index in [0.717, 1.165) is 70.6 Å². The molecule has 0 aromatic heterocycles. The number of esters is 3. The summed E-state index contributed by atoms with van der Waals surface area (Å²) in [5.74, 6) is -0.990. The van der Waals surface area contributed by atoms with Gasteiger partial charge in [0, 0.05) is 19.3 Å². The lowest BCUT2D eigenvalue weighted by Gasteiger charge is -2.18. The zero-order chi connectivity index (χ0) is 47.2. The predicted octanol–water partition coefficient (Wildman–Crippen LogP) is 18.2. The van der Waals surface area contributed by atoms with Crippen LogP contribution in [0.4, 0.5) is 0 Å². The lowest BCUT2D eigenvalue weighted by molar-refractivity contribution is -0.167. The molecule has 0 rings (SSSR count). The molecule has 0 aliphatic heterocycles. The van der Waals surface area contributed by atoms with Gasteiger partial charge in [0.1, 0.15) is 13.2 Å². The van der Waals surface area contributed by atoms with Gasteiger partial charge in [-0.2, -0.15) is 0 Å². The number of unbranched alkanes of at least 4 members (excludes halogenated alkanes) is 26. The molecule has 0 saturated carbocycles. The molecule has 6 heteroatoms. The van der Waals surface area contributed by atoms with Crippen LogP contribution in [0, 0.1) is 0 Å². The molecule has 0 saturated heterocycles. The van der Waals surface area contributed by atoms with Crippen LogP contribution < -0.4 is 0 Å². The Labute approximate surface area is 402 Å². The molecule has 0 aliphatic carbocycles. The SMILES string of the molecule is CCCCC/C=C\C/C=C\C/C=C\CCCCC(=O)OC[C@H](COC(=O)CCC/C=C\C/C=C\C/C=C\CCCCCCCC)OC(=O)CCCCCCCCCCCCCCCCC. The Morgan fingerprint density at radius 2 is 0.569 bits per heavy atom. The molecule has 6 nitrogen and oxygen atoms in total. The third kappa shape index (κ3) is 51.7. The Morgan fingerprint density at radius 1 is 0.308 bits per heavy atom. The van der Waals surface area contributed by atoms with Gasteiger partial charge < -0.3 is 14.2 Å². The minimum atomic E-state index is -0.809. The first-order valence-corrected chi connectivity index (χ1v) is 27.4. The van der Waals surface area contributed by atoms with Crippen LogP contribution in [0.15, 0.2) is 72.9 Å². The van der Waals surface area contributed by atoms with E-state index in [2.05, 4.69) is 93.7 Å². The number of hydrogen-bond donors (Lipinski definition) is 0. The van der Waals surface area contributed by atoms with Gasteiger partial charge in [-0.05, 0) is 89.9 Å². The van der Waals surface area contributed by atoms with Gasteiger partial charge in [0.05, 0.1) is 0 Å². The Kier molecular flexibility index (Phi) is 50.9. The normalized spacial score (nSPS) is 12.6. The highest BCUT2D eigenvalue weighted by Crippen LogP contribution is 2.15. The predicted molar refractivity (Wildman–Crippen MR) is 279 cm³/mol. The average molecular weight is 907 g/mol. The molecule has 0 unspecified atom stereocenters. The van der Waals surface area contributed by atoms with E-state index in [0.29, 0.717) is 19.3 Å². The van der Waals surface area contributed by atoms with E-state index in [9.17, 15) is 14.4 Å². The van der Waals surface area contributed by atoms with Crippen molar-refractivity contribution in [3.05, 3.63) is 72.9 Å². The number of allylic oxidation sites excluding steroid dienone is 12. The highest BCUT2D eigenvalue weighted by molar-refractivity contribution is 5.71. The minimum absolute atomic E-state index is 0.109. The first-order valence-electron chi connectivity index (χ1n) is 27.4. The standard InChI is InChI=1S/C59H102O6/c1-4-7-10-13-16-19-22-25-28-29-32-34-37-40-43-46-49-52-58(61)64-55-56(65-59(62)53-50-47-44-41-38-35-31-27-24-21-18-15-12-9-6-3)54-63-57(60)51-48-45-42-39-36-33-30-26-23-20-17-14-11-8-5-2/h17,20,25-26,28,30,32,34,36,39-40,43,56H,4-16,18-19,21-24,27,29,31,33,35,37-38,41-42,44-55H2,1-3H3/b20-17-,28-25-,30-26-,34-32-,39-36-,43-40-/t56-/m1/s1. The molecule has 0 aromatic rings. The third-order valence-corrected chi connectivity index (χ3v) is 11.7. The van der Waals surface area contributed by atoms with E-state index in [1.165, 1.54) is 148 Å². The summed E-state index contributed by atoms with van der Waals surface area (Å²) < 4.78 is 16.8. The third-order valence-electron chi connectivity index (χ3n) is 11.7. The minimum Gasteiger partial charge on any atom is -0.462 e. The van der Waals surface area contributed by atoms with Crippen molar-refractivity contribution in [2.45, 2.75) is 271 Å². The second-order valence-electron chi connectivity index (χ2n) is 18.1. The molecule has 0 N–H and O–H groups in total. The van der Waals surface area contributed by atoms with Crippen molar-refractivity contribution >= 4 is 17.9 Å². The maximum absolute atomic E-state index is 12.8. The van der Waals surface area contributed by atoms with Gasteiger partial charge in [-0.1, -0.05) is 229 Å². The Morgan fingerprint density at radius 3 is 0.985 bits per heavy atom. The number of ether oxygens (including phenoxy) is 3. The largest absolute Gasteiger partial charge is 0.462 e. The van der Waals surface area contributed by atoms with E-state index in [-0.39, 0.29) is 37.5 Å². The Balaban J connectivity index is 4.50. The number of hydrogen-bond acceptors (Lipinski definition) is 6. The summed E-state index contributed by atoms with van der Waals surface area (Å²) in [7, 11) is 0. The van der Waals surface area contributed by atoms with Crippen LogP contribution in [0.2, 0.25) is 0 Å². The van der Waals surface area contributed by atoms with E-state index in [1.54, 1.807) is 0 Å². The van der Waals surface area contributed by atoms with Gasteiger partial charge in [0.25, 0.3) is 0 Å². The second-order valence-corrected chi connectivity index (χ2v) is 18.1. The molecule has 0 bridgehead atoms. The van der Waals surface area contributed by atoms with Crippen molar-refractivity contribution < 1.29 is 28.6 Å². The van der Waals surface area contributed by atoms with Crippen LogP contribution in [0.25, 0.3) is 0 Å². The molecular weight excluding hydrogens is 805 g/mol. The van der Waals surface area contributed by atoms with Crippen LogP contribution in [-0.2, 0) is 28.6 Å². The summed E-state index contributed by atoms with van der Waals surface area (Å²) in [4.78, 5) is 38.0. The van der Waals surface area contributed by atoms with Crippen LogP contribution in [0.1, 0.15) is 265 Å². The second kappa shape index (κ2) is 53.5. The Bertz CT molecular complexity index is 1230. The molecule has 374 valence electrons. The highest BCUT2D eigenvalue weighted by Gasteiger charge is 2.19. The molecule has 0 heterocycles. The zero-order valence-electron chi connectivity index (χ0n) is 42.7. The Hall–Kier alpha value is -3.15. The zero-order valence-corrected chi connectivity index (χ0v) is 42.7. The summed E-state index contributed by atoms with van der Waals surface area (Å²) in [6.45, 7) is 6.54. The van der Waals surface area contributed by atoms with Crippen molar-refractivity contribution in [3.63, 3.8) is 0 Å². The van der Waals surface area contributed by atoms with Gasteiger partial charge >= 0.3 is 17.9 Å². The molecule has 65 heavy (non-hydrogen) atoms. The summed E-state index contributed by atoms with van der Waals surface area (Å²) in [5.41, 5.74) is 0. The fourth-order valence-corrected chi connectivity index (χ4v) is 7.52. The number of carbonyl (C=O) groups excluding carboxylic acids is 3. The first kappa shape index (κ1) is 61.9. The van der Waals surface area contributed by atoms with Crippen LogP contribution in [0.3, 0.4) is 0 Å². The maximum atomic E-state index is 12.8. The van der Waals surface area contributed by atoms with E-state index in [4.69, 9.17) is 14.2 Å². The lowest BCUT2D eigenvalue weighted by atomic mass is 10.0. The average Bonchev–Trinajstić information content (AvgIpc) is 3.30. The summed E-state index contributed by atoms with van der Waals surface area (Å²) in [6.07, 6.45) is 67.5. The molecule has 0 radical (unpaired) electrons. The van der Waals surface area contributed by atoms with Gasteiger partial charge in [-0.25, -0.2) is 0 Å². The van der Waals surface area contributed by atoms with Crippen molar-refractivity contribution in [3.8, 4) is 0 Å². The van der Waals surface area contributed by atoms with Gasteiger partial charge in [0.2, 0.25) is 0 Å². The summed E-state index contributed by atoms with van der Waals surface area (Å²) >= 11 is 0. The van der Waals surface area contributed by atoms with Crippen molar-refractivity contribution in [2.24, 2.45) is 0 Å². The van der Waals surface area contributed by atoms with E-state index in [1.807, 2.05) is 0 Å². The van der Waals surface area contributed by atoms with Gasteiger partial charge in [0.15, 0.2) is 6.10 Å². The van der Waals surface area contributed by atoms with Crippen LogP contribution in [-0.4, -0.2) is 37.2 Å². The lowest BCUT2D eigenvalue weighted by Crippen LogP contribution is -2.30. The number of rotatable bonds is 49. The monoisotopic (exact) mass is 907 g/mol. The molecule has 0 spiro atoms. The van der Waals surface area contributed by atoms with E-state index >= 15 is 0 Å². The first-order chi connectivity index (χ1) is 32.0. The van der Waals surface area contributed by atoms with Gasteiger partial charge in [-0.3, -0.25) is 14.4 Å². The fraction of sp³-hybridized carbons (Fsp3) is 0.746. The molecule has 0 amide bonds.